The highest BCUT2D eigenvalue weighted by molar-refractivity contribution is 7.89. The lowest BCUT2D eigenvalue weighted by molar-refractivity contribution is 0.451. The Morgan fingerprint density at radius 3 is 2.50 bits per heavy atom. The van der Waals surface area contributed by atoms with Crippen LogP contribution in [0.15, 0.2) is 17.0 Å². The number of hydrogen-bond donors (Lipinski definition) is 1. The quantitative estimate of drug-likeness (QED) is 0.763. The van der Waals surface area contributed by atoms with Gasteiger partial charge in [0.25, 0.3) is 0 Å². The maximum absolute atomic E-state index is 12.8. The molecule has 0 saturated carbocycles. The summed E-state index contributed by atoms with van der Waals surface area (Å²) in [5, 5.41) is 4.27. The Bertz CT molecular complexity index is 590. The molecular weight excluding hydrogens is 276 g/mol. The zero-order valence-electron chi connectivity index (χ0n) is 12.7. The van der Waals surface area contributed by atoms with Crippen molar-refractivity contribution in [2.75, 3.05) is 19.6 Å². The number of likely N-dealkylation sites (N-methyl/N-ethyl adjacent to an activating group) is 1. The van der Waals surface area contributed by atoms with Crippen LogP contribution in [0, 0.1) is 13.8 Å². The molecule has 1 heterocycles. The van der Waals surface area contributed by atoms with Crippen molar-refractivity contribution in [1.82, 2.24) is 14.1 Å². The van der Waals surface area contributed by atoms with Crippen molar-refractivity contribution < 1.29 is 8.42 Å². The standard InChI is InChI=1S/C13H24N4O2S/c1-6-16(9-10(2)3)20(18,19)13-11(4)15-17(8-7-14)12(13)5/h2,6-9,14H2,1,3-5H3. The van der Waals surface area contributed by atoms with Gasteiger partial charge in [-0.25, -0.2) is 8.42 Å². The maximum atomic E-state index is 12.8. The number of sulfonamides is 1. The summed E-state index contributed by atoms with van der Waals surface area (Å²) in [6.45, 7) is 12.5. The molecule has 1 aromatic rings. The molecule has 0 aliphatic carbocycles. The van der Waals surface area contributed by atoms with Gasteiger partial charge in [-0.1, -0.05) is 19.1 Å². The van der Waals surface area contributed by atoms with Gasteiger partial charge in [-0.3, -0.25) is 4.68 Å². The molecule has 0 unspecified atom stereocenters. The maximum Gasteiger partial charge on any atom is 0.247 e. The van der Waals surface area contributed by atoms with Gasteiger partial charge < -0.3 is 5.73 Å². The predicted molar refractivity (Wildman–Crippen MR) is 80.0 cm³/mol. The van der Waals surface area contributed by atoms with E-state index >= 15 is 0 Å². The Hall–Kier alpha value is -1.18. The largest absolute Gasteiger partial charge is 0.329 e. The van der Waals surface area contributed by atoms with Crippen molar-refractivity contribution in [2.24, 2.45) is 5.73 Å². The lowest BCUT2D eigenvalue weighted by Crippen LogP contribution is -2.33. The molecule has 0 saturated heterocycles. The lowest BCUT2D eigenvalue weighted by Gasteiger charge is -2.20. The highest BCUT2D eigenvalue weighted by Crippen LogP contribution is 2.23. The fraction of sp³-hybridized carbons (Fsp3) is 0.615. The number of hydrogen-bond acceptors (Lipinski definition) is 4. The summed E-state index contributed by atoms with van der Waals surface area (Å²) in [7, 11) is -3.56. The van der Waals surface area contributed by atoms with Crippen molar-refractivity contribution in [3.05, 3.63) is 23.5 Å². The van der Waals surface area contributed by atoms with Gasteiger partial charge in [0.1, 0.15) is 4.90 Å². The highest BCUT2D eigenvalue weighted by atomic mass is 32.2. The zero-order valence-corrected chi connectivity index (χ0v) is 13.5. The molecular formula is C13H24N4O2S. The Morgan fingerprint density at radius 1 is 1.45 bits per heavy atom. The summed E-state index contributed by atoms with van der Waals surface area (Å²) in [5.41, 5.74) is 7.47. The predicted octanol–water partition coefficient (Wildman–Crippen LogP) is 1.05. The van der Waals surface area contributed by atoms with Crippen molar-refractivity contribution in [1.29, 1.82) is 0 Å². The monoisotopic (exact) mass is 300 g/mol. The van der Waals surface area contributed by atoms with Gasteiger partial charge in [-0.05, 0) is 20.8 Å². The first-order valence-corrected chi connectivity index (χ1v) is 8.08. The molecule has 20 heavy (non-hydrogen) atoms. The molecule has 0 amide bonds. The van der Waals surface area contributed by atoms with Crippen LogP contribution in [0.4, 0.5) is 0 Å². The van der Waals surface area contributed by atoms with E-state index in [9.17, 15) is 8.42 Å². The van der Waals surface area contributed by atoms with Gasteiger partial charge in [0.15, 0.2) is 0 Å². The normalized spacial score (nSPS) is 12.1. The second-order valence-corrected chi connectivity index (χ2v) is 6.77. The fourth-order valence-electron chi connectivity index (χ4n) is 2.19. The van der Waals surface area contributed by atoms with E-state index in [1.54, 1.807) is 18.5 Å². The minimum absolute atomic E-state index is 0.286. The van der Waals surface area contributed by atoms with Crippen LogP contribution < -0.4 is 5.73 Å². The van der Waals surface area contributed by atoms with E-state index in [0.29, 0.717) is 37.6 Å². The minimum atomic E-state index is -3.56. The highest BCUT2D eigenvalue weighted by Gasteiger charge is 2.29. The first-order chi connectivity index (χ1) is 9.25. The molecule has 0 atom stereocenters. The van der Waals surface area contributed by atoms with E-state index in [-0.39, 0.29) is 4.90 Å². The van der Waals surface area contributed by atoms with Crippen molar-refractivity contribution in [3.8, 4) is 0 Å². The number of nitrogens with two attached hydrogens (primary N) is 1. The summed E-state index contributed by atoms with van der Waals surface area (Å²) < 4.78 is 28.6. The Balaban J connectivity index is 3.30. The van der Waals surface area contributed by atoms with Crippen LogP contribution >= 0.6 is 0 Å². The third-order valence-electron chi connectivity index (χ3n) is 3.05. The van der Waals surface area contributed by atoms with Crippen LogP contribution in [0.2, 0.25) is 0 Å². The van der Waals surface area contributed by atoms with Crippen LogP contribution in [0.5, 0.6) is 0 Å². The molecule has 0 aliphatic rings. The molecule has 0 spiro atoms. The third kappa shape index (κ3) is 3.28. The van der Waals surface area contributed by atoms with Crippen LogP contribution in [-0.2, 0) is 16.6 Å². The molecule has 0 fully saturated rings. The van der Waals surface area contributed by atoms with E-state index in [1.807, 2.05) is 13.8 Å². The van der Waals surface area contributed by atoms with Gasteiger partial charge in [-0.15, -0.1) is 0 Å². The number of aromatic nitrogens is 2. The number of aryl methyl sites for hydroxylation is 1. The molecule has 1 rings (SSSR count). The Labute approximate surface area is 121 Å². The third-order valence-corrected chi connectivity index (χ3v) is 5.23. The molecule has 0 bridgehead atoms. The smallest absolute Gasteiger partial charge is 0.247 e. The lowest BCUT2D eigenvalue weighted by atomic mass is 10.3. The summed E-state index contributed by atoms with van der Waals surface area (Å²) in [6.07, 6.45) is 0. The molecule has 1 aromatic heterocycles. The van der Waals surface area contributed by atoms with Crippen molar-refractivity contribution in [3.63, 3.8) is 0 Å². The topological polar surface area (TPSA) is 81.2 Å². The summed E-state index contributed by atoms with van der Waals surface area (Å²) in [6, 6.07) is 0. The average Bonchev–Trinajstić information content (AvgIpc) is 2.62. The molecule has 6 nitrogen and oxygen atoms in total. The van der Waals surface area contributed by atoms with Gasteiger partial charge in [0.05, 0.1) is 17.9 Å². The van der Waals surface area contributed by atoms with Crippen LogP contribution in [0.3, 0.4) is 0 Å². The van der Waals surface area contributed by atoms with Gasteiger partial charge >= 0.3 is 0 Å². The van der Waals surface area contributed by atoms with E-state index < -0.39 is 10.0 Å². The van der Waals surface area contributed by atoms with Gasteiger partial charge in [0.2, 0.25) is 10.0 Å². The molecule has 0 aliphatic heterocycles. The molecule has 7 heteroatoms. The SMILES string of the molecule is C=C(C)CN(CC)S(=O)(=O)c1c(C)nn(CCN)c1C. The van der Waals surface area contributed by atoms with Gasteiger partial charge in [-0.2, -0.15) is 9.40 Å². The van der Waals surface area contributed by atoms with E-state index in [4.69, 9.17) is 5.73 Å². The fourth-order valence-corrected chi connectivity index (χ4v) is 4.07. The van der Waals surface area contributed by atoms with E-state index in [0.717, 1.165) is 5.57 Å². The first-order valence-electron chi connectivity index (χ1n) is 6.64. The first kappa shape index (κ1) is 16.9. The van der Waals surface area contributed by atoms with Crippen LogP contribution in [0.25, 0.3) is 0 Å². The van der Waals surface area contributed by atoms with Crippen molar-refractivity contribution in [2.45, 2.75) is 39.1 Å². The van der Waals surface area contributed by atoms with E-state index in [1.165, 1.54) is 4.31 Å². The number of rotatable bonds is 7. The number of nitrogens with zero attached hydrogens (tertiary/aromatic N) is 3. The molecule has 2 N–H and O–H groups in total. The van der Waals surface area contributed by atoms with Gasteiger partial charge in [0, 0.05) is 19.6 Å². The Kier molecular flexibility index (Phi) is 5.50. The Morgan fingerprint density at radius 2 is 2.05 bits per heavy atom. The zero-order chi connectivity index (χ0) is 15.5. The molecule has 0 aromatic carbocycles. The van der Waals surface area contributed by atoms with Crippen LogP contribution in [0.1, 0.15) is 25.2 Å². The summed E-state index contributed by atoms with van der Waals surface area (Å²) >= 11 is 0. The van der Waals surface area contributed by atoms with Crippen molar-refractivity contribution >= 4 is 10.0 Å². The van der Waals surface area contributed by atoms with E-state index in [2.05, 4.69) is 11.7 Å². The second kappa shape index (κ2) is 6.51. The second-order valence-electron chi connectivity index (χ2n) is 4.90. The summed E-state index contributed by atoms with van der Waals surface area (Å²) in [4.78, 5) is 0.286. The summed E-state index contributed by atoms with van der Waals surface area (Å²) in [5.74, 6) is 0. The van der Waals surface area contributed by atoms with Crippen LogP contribution in [-0.4, -0.2) is 42.1 Å². The average molecular weight is 300 g/mol. The molecule has 0 radical (unpaired) electrons. The minimum Gasteiger partial charge on any atom is -0.329 e. The molecule has 114 valence electrons.